The molecule has 0 atom stereocenters. The van der Waals surface area contributed by atoms with E-state index in [1.54, 1.807) is 11.3 Å². The van der Waals surface area contributed by atoms with Crippen molar-refractivity contribution in [3.05, 3.63) is 70.3 Å². The van der Waals surface area contributed by atoms with E-state index in [1.165, 1.54) is 51.0 Å². The molecule has 4 heterocycles. The first-order valence-corrected chi connectivity index (χ1v) is 10.4. The Morgan fingerprint density at radius 2 is 1.93 bits per heavy atom. The lowest BCUT2D eigenvalue weighted by Crippen LogP contribution is -2.17. The Bertz CT molecular complexity index is 1110. The molecule has 0 spiro atoms. The van der Waals surface area contributed by atoms with Crippen LogP contribution in [0.4, 0.5) is 0 Å². The van der Waals surface area contributed by atoms with Crippen molar-refractivity contribution in [3.63, 3.8) is 0 Å². The molecule has 4 heteroatoms. The number of aryl methyl sites for hydroxylation is 1. The van der Waals surface area contributed by atoms with Crippen LogP contribution in [0.1, 0.15) is 23.2 Å². The molecule has 1 aliphatic rings. The van der Waals surface area contributed by atoms with Crippen molar-refractivity contribution in [1.29, 1.82) is 0 Å². The van der Waals surface area contributed by atoms with E-state index in [-0.39, 0.29) is 0 Å². The van der Waals surface area contributed by atoms with E-state index in [4.69, 9.17) is 0 Å². The summed E-state index contributed by atoms with van der Waals surface area (Å²) in [6, 6.07) is 11.1. The Labute approximate surface area is 163 Å². The van der Waals surface area contributed by atoms with Crippen LogP contribution in [-0.2, 0) is 13.0 Å². The molecule has 0 bridgehead atoms. The van der Waals surface area contributed by atoms with E-state index in [1.807, 2.05) is 12.4 Å². The molecule has 136 valence electrons. The van der Waals surface area contributed by atoms with Gasteiger partial charge < -0.3 is 9.47 Å². The molecule has 3 nitrogen and oxygen atoms in total. The van der Waals surface area contributed by atoms with E-state index < -0.39 is 0 Å². The van der Waals surface area contributed by atoms with Crippen molar-refractivity contribution < 1.29 is 0 Å². The van der Waals surface area contributed by atoms with Gasteiger partial charge in [0.25, 0.3) is 0 Å². The van der Waals surface area contributed by atoms with Crippen LogP contribution in [0, 0.1) is 6.92 Å². The van der Waals surface area contributed by atoms with Crippen LogP contribution in [0.3, 0.4) is 0 Å². The number of benzene rings is 1. The smallest absolute Gasteiger partial charge is 0.0644 e. The van der Waals surface area contributed by atoms with Gasteiger partial charge in [-0.25, -0.2) is 0 Å². The SMILES string of the molecule is Cc1ccc2c(c1)c1c(n2-c2cscc2-c2ccncc2)CCCN(C)C1. The predicted octanol–water partition coefficient (Wildman–Crippen LogP) is 5.44. The first-order valence-electron chi connectivity index (χ1n) is 9.50. The van der Waals surface area contributed by atoms with Gasteiger partial charge >= 0.3 is 0 Å². The molecule has 1 aromatic carbocycles. The summed E-state index contributed by atoms with van der Waals surface area (Å²) in [5, 5.41) is 5.97. The highest BCUT2D eigenvalue weighted by molar-refractivity contribution is 7.08. The van der Waals surface area contributed by atoms with Gasteiger partial charge in [0, 0.05) is 46.3 Å². The third-order valence-electron chi connectivity index (χ3n) is 5.59. The molecule has 0 fully saturated rings. The van der Waals surface area contributed by atoms with Crippen LogP contribution in [0.25, 0.3) is 27.7 Å². The Balaban J connectivity index is 1.81. The van der Waals surface area contributed by atoms with Gasteiger partial charge in [-0.2, -0.15) is 0 Å². The number of rotatable bonds is 2. The standard InChI is InChI=1S/C23H23N3S/c1-16-5-6-22-18(12-16)19-13-25(2)11-3-4-21(19)26(22)23-15-27-14-20(23)17-7-9-24-10-8-17/h5-10,12,14-15H,3-4,11,13H2,1-2H3. The first kappa shape index (κ1) is 16.7. The fourth-order valence-corrected chi connectivity index (χ4v) is 5.14. The van der Waals surface area contributed by atoms with E-state index >= 15 is 0 Å². The summed E-state index contributed by atoms with van der Waals surface area (Å²) in [6.07, 6.45) is 6.08. The average molecular weight is 374 g/mol. The zero-order chi connectivity index (χ0) is 18.4. The molecular formula is C23H23N3S. The molecule has 1 aliphatic heterocycles. The lowest BCUT2D eigenvalue weighted by molar-refractivity contribution is 0.333. The summed E-state index contributed by atoms with van der Waals surface area (Å²) in [6.45, 7) is 4.37. The highest BCUT2D eigenvalue weighted by Crippen LogP contribution is 2.38. The van der Waals surface area contributed by atoms with Crippen LogP contribution in [0.15, 0.2) is 53.5 Å². The summed E-state index contributed by atoms with van der Waals surface area (Å²) in [5.41, 5.74) is 9.46. The molecule has 5 rings (SSSR count). The summed E-state index contributed by atoms with van der Waals surface area (Å²) in [4.78, 5) is 6.64. The normalized spacial score (nSPS) is 15.0. The Hall–Kier alpha value is -2.43. The van der Waals surface area contributed by atoms with Gasteiger partial charge in [0.05, 0.1) is 11.2 Å². The van der Waals surface area contributed by atoms with E-state index in [9.17, 15) is 0 Å². The van der Waals surface area contributed by atoms with Crippen molar-refractivity contribution >= 4 is 22.2 Å². The van der Waals surface area contributed by atoms with Crippen LogP contribution >= 0.6 is 11.3 Å². The molecule has 27 heavy (non-hydrogen) atoms. The van der Waals surface area contributed by atoms with E-state index in [2.05, 4.69) is 69.5 Å². The number of hydrogen-bond donors (Lipinski definition) is 0. The number of aromatic nitrogens is 2. The fourth-order valence-electron chi connectivity index (χ4n) is 4.31. The van der Waals surface area contributed by atoms with Gasteiger partial charge in [0.1, 0.15) is 0 Å². The number of nitrogens with zero attached hydrogens (tertiary/aromatic N) is 3. The second-order valence-electron chi connectivity index (χ2n) is 7.53. The minimum atomic E-state index is 1.02. The van der Waals surface area contributed by atoms with Crippen molar-refractivity contribution in [2.45, 2.75) is 26.3 Å². The highest BCUT2D eigenvalue weighted by Gasteiger charge is 2.23. The maximum atomic E-state index is 4.19. The minimum Gasteiger partial charge on any atom is -0.312 e. The third kappa shape index (κ3) is 2.80. The van der Waals surface area contributed by atoms with Gasteiger partial charge in [-0.05, 0) is 68.8 Å². The zero-order valence-corrected chi connectivity index (χ0v) is 16.6. The molecular weight excluding hydrogens is 350 g/mol. The maximum Gasteiger partial charge on any atom is 0.0644 e. The maximum absolute atomic E-state index is 4.19. The molecule has 0 amide bonds. The van der Waals surface area contributed by atoms with Crippen LogP contribution in [0.2, 0.25) is 0 Å². The number of thiophene rings is 1. The summed E-state index contributed by atoms with van der Waals surface area (Å²) in [7, 11) is 2.24. The van der Waals surface area contributed by atoms with Crippen molar-refractivity contribution in [2.24, 2.45) is 0 Å². The van der Waals surface area contributed by atoms with Gasteiger partial charge in [-0.1, -0.05) is 11.6 Å². The van der Waals surface area contributed by atoms with Crippen molar-refractivity contribution in [2.75, 3.05) is 13.6 Å². The lowest BCUT2D eigenvalue weighted by atomic mass is 10.1. The quantitative estimate of drug-likeness (QED) is 0.466. The summed E-state index contributed by atoms with van der Waals surface area (Å²) < 4.78 is 2.52. The number of hydrogen-bond acceptors (Lipinski definition) is 3. The van der Waals surface area contributed by atoms with Gasteiger partial charge in [0.2, 0.25) is 0 Å². The number of pyridine rings is 1. The van der Waals surface area contributed by atoms with Crippen LogP contribution < -0.4 is 0 Å². The van der Waals surface area contributed by atoms with Gasteiger partial charge in [-0.3, -0.25) is 4.98 Å². The largest absolute Gasteiger partial charge is 0.312 e. The zero-order valence-electron chi connectivity index (χ0n) is 15.8. The van der Waals surface area contributed by atoms with E-state index in [0.717, 1.165) is 19.5 Å². The monoisotopic (exact) mass is 373 g/mol. The van der Waals surface area contributed by atoms with Crippen molar-refractivity contribution in [3.8, 4) is 16.8 Å². The Morgan fingerprint density at radius 1 is 1.07 bits per heavy atom. The second-order valence-corrected chi connectivity index (χ2v) is 8.27. The van der Waals surface area contributed by atoms with Crippen molar-refractivity contribution in [1.82, 2.24) is 14.5 Å². The number of fused-ring (bicyclic) bond motifs is 3. The third-order valence-corrected chi connectivity index (χ3v) is 6.32. The van der Waals surface area contributed by atoms with E-state index in [0.29, 0.717) is 0 Å². The summed E-state index contributed by atoms with van der Waals surface area (Å²) in [5.74, 6) is 0. The average Bonchev–Trinajstić information content (AvgIpc) is 3.20. The second kappa shape index (κ2) is 6.63. The molecule has 0 radical (unpaired) electrons. The van der Waals surface area contributed by atoms with Crippen LogP contribution in [0.5, 0.6) is 0 Å². The lowest BCUT2D eigenvalue weighted by Gasteiger charge is -2.12. The molecule has 0 unspecified atom stereocenters. The molecule has 0 saturated heterocycles. The Morgan fingerprint density at radius 3 is 2.78 bits per heavy atom. The fraction of sp³-hybridized carbons (Fsp3) is 0.261. The first-order chi connectivity index (χ1) is 13.2. The molecule has 0 aliphatic carbocycles. The topological polar surface area (TPSA) is 21.1 Å². The predicted molar refractivity (Wildman–Crippen MR) is 114 cm³/mol. The van der Waals surface area contributed by atoms with Gasteiger partial charge in [-0.15, -0.1) is 11.3 Å². The minimum absolute atomic E-state index is 1.02. The highest BCUT2D eigenvalue weighted by atomic mass is 32.1. The molecule has 3 aromatic heterocycles. The van der Waals surface area contributed by atoms with Gasteiger partial charge in [0.15, 0.2) is 0 Å². The molecule has 0 saturated carbocycles. The molecule has 0 N–H and O–H groups in total. The molecule has 4 aromatic rings. The van der Waals surface area contributed by atoms with Crippen LogP contribution in [-0.4, -0.2) is 28.0 Å². The summed E-state index contributed by atoms with van der Waals surface area (Å²) >= 11 is 1.78. The Kier molecular flexibility index (Phi) is 4.10.